The van der Waals surface area contributed by atoms with Gasteiger partial charge in [-0.15, -0.1) is 0 Å². The predicted molar refractivity (Wildman–Crippen MR) is 126 cm³/mol. The Morgan fingerprint density at radius 3 is 2.58 bits per heavy atom. The van der Waals surface area contributed by atoms with Crippen molar-refractivity contribution >= 4 is 27.7 Å². The van der Waals surface area contributed by atoms with E-state index >= 15 is 0 Å². The monoisotopic (exact) mass is 534 g/mol. The first-order valence-corrected chi connectivity index (χ1v) is 13.7. The van der Waals surface area contributed by atoms with E-state index in [4.69, 9.17) is 9.29 Å². The number of allylic oxidation sites excluding steroid dienone is 4. The molecule has 0 aromatic heterocycles. The van der Waals surface area contributed by atoms with Gasteiger partial charge in [0.05, 0.1) is 18.3 Å². The van der Waals surface area contributed by atoms with Gasteiger partial charge in [0.25, 0.3) is 10.1 Å². The summed E-state index contributed by atoms with van der Waals surface area (Å²) in [5.41, 5.74) is -2.19. The zero-order chi connectivity index (χ0) is 26.0. The van der Waals surface area contributed by atoms with Crippen LogP contribution >= 0.6 is 0 Å². The molecule has 0 bridgehead atoms. The zero-order valence-electron chi connectivity index (χ0n) is 22.3. The van der Waals surface area contributed by atoms with Gasteiger partial charge >= 0.3 is 35.5 Å². The molecule has 0 aromatic rings. The Hall–Kier alpha value is -0.880. The first kappa shape index (κ1) is 29.7. The van der Waals surface area contributed by atoms with Gasteiger partial charge in [0.15, 0.2) is 12.4 Å². The number of Topliss-reactive ketones (excluding diaryl/α,β-unsaturated/α-hetero) is 1. The third-order valence-electron chi connectivity index (χ3n) is 9.36. The molecule has 0 aromatic carbocycles. The number of esters is 1. The minimum Gasteiger partial charge on any atom is -1.00 e. The fourth-order valence-electron chi connectivity index (χ4n) is 7.76. The van der Waals surface area contributed by atoms with Crippen LogP contribution in [0.4, 0.5) is 0 Å². The van der Waals surface area contributed by atoms with Crippen molar-refractivity contribution in [3.63, 3.8) is 0 Å². The van der Waals surface area contributed by atoms with E-state index in [2.05, 4.69) is 13.8 Å². The van der Waals surface area contributed by atoms with Crippen LogP contribution < -0.4 is 29.6 Å². The summed E-state index contributed by atoms with van der Waals surface area (Å²) < 4.78 is 35.3. The summed E-state index contributed by atoms with van der Waals surface area (Å²) in [5.74, 6) is -2.56. The van der Waals surface area contributed by atoms with Crippen molar-refractivity contribution in [2.24, 2.45) is 34.5 Å². The van der Waals surface area contributed by atoms with Gasteiger partial charge in [0.1, 0.15) is 5.60 Å². The molecule has 196 valence electrons. The molecule has 4 aliphatic rings. The first-order chi connectivity index (χ1) is 16.1. The molecule has 3 saturated carbocycles. The average Bonchev–Trinajstić information content (AvgIpc) is 3.02. The van der Waals surface area contributed by atoms with Gasteiger partial charge in [0.2, 0.25) is 5.78 Å². The molecule has 0 radical (unpaired) electrons. The van der Waals surface area contributed by atoms with E-state index in [0.29, 0.717) is 6.42 Å². The molecule has 36 heavy (non-hydrogen) atoms. The van der Waals surface area contributed by atoms with Gasteiger partial charge in [0, 0.05) is 16.7 Å². The molecule has 0 spiro atoms. The molecule has 3 fully saturated rings. The summed E-state index contributed by atoms with van der Waals surface area (Å²) >= 11 is 0. The van der Waals surface area contributed by atoms with Crippen LogP contribution in [0.15, 0.2) is 23.8 Å². The Kier molecular flexibility index (Phi) is 8.26. The van der Waals surface area contributed by atoms with Gasteiger partial charge in [-0.1, -0.05) is 32.4 Å². The van der Waals surface area contributed by atoms with Gasteiger partial charge in [-0.2, -0.15) is 8.42 Å². The largest absolute Gasteiger partial charge is 1.00 e. The SMILES string of the molecule is C[C@H]1C[C@@H]2[C@H]([C@@H](O)C[C@@]3(C)[C@H]2CC[C@]3(O)C(=O)COC(=O)CCS(=O)(=O)O)[C@@]2(C)C=CC(=O)C=C12.[H-].[Na+]. The summed E-state index contributed by atoms with van der Waals surface area (Å²) in [4.78, 5) is 37.1. The fourth-order valence-corrected chi connectivity index (χ4v) is 8.19. The summed E-state index contributed by atoms with van der Waals surface area (Å²) in [5, 5.41) is 23.1. The topological polar surface area (TPSA) is 155 Å². The van der Waals surface area contributed by atoms with Crippen LogP contribution in [-0.4, -0.2) is 64.8 Å². The molecule has 11 heteroatoms. The second-order valence-electron chi connectivity index (χ2n) is 11.3. The Morgan fingerprint density at radius 1 is 1.28 bits per heavy atom. The molecule has 8 atom stereocenters. The molecule has 4 aliphatic carbocycles. The van der Waals surface area contributed by atoms with Crippen molar-refractivity contribution in [1.29, 1.82) is 0 Å². The summed E-state index contributed by atoms with van der Waals surface area (Å²) in [6.45, 7) is 5.24. The second kappa shape index (κ2) is 10.0. The van der Waals surface area contributed by atoms with Crippen molar-refractivity contribution in [2.75, 3.05) is 12.4 Å². The fraction of sp³-hybridized carbons (Fsp3) is 0.720. The third-order valence-corrected chi connectivity index (χ3v) is 10.1. The summed E-state index contributed by atoms with van der Waals surface area (Å²) in [6, 6.07) is 0. The number of carbonyl (C=O) groups excluding carboxylic acids is 3. The Balaban J connectivity index is 0.00000241. The quantitative estimate of drug-likeness (QED) is 0.215. The van der Waals surface area contributed by atoms with Gasteiger partial charge in [-0.05, 0) is 55.6 Å². The van der Waals surface area contributed by atoms with E-state index in [1.165, 1.54) is 0 Å². The Morgan fingerprint density at radius 2 is 1.94 bits per heavy atom. The summed E-state index contributed by atoms with van der Waals surface area (Å²) in [6.07, 6.45) is 5.42. The van der Waals surface area contributed by atoms with Gasteiger partial charge in [-0.25, -0.2) is 0 Å². The molecule has 4 rings (SSSR count). The molecule has 0 amide bonds. The van der Waals surface area contributed by atoms with Crippen LogP contribution in [0.1, 0.15) is 54.3 Å². The first-order valence-electron chi connectivity index (χ1n) is 12.1. The van der Waals surface area contributed by atoms with E-state index in [0.717, 1.165) is 12.0 Å². The second-order valence-corrected chi connectivity index (χ2v) is 12.8. The number of ketones is 2. The number of aliphatic hydroxyl groups excluding tert-OH is 1. The number of hydrogen-bond acceptors (Lipinski definition) is 8. The minimum atomic E-state index is -4.34. The van der Waals surface area contributed by atoms with Crippen LogP contribution in [0, 0.1) is 34.5 Å². The maximum atomic E-state index is 13.2. The van der Waals surface area contributed by atoms with Crippen molar-refractivity contribution in [2.45, 2.75) is 64.6 Å². The van der Waals surface area contributed by atoms with Crippen molar-refractivity contribution < 1.29 is 73.3 Å². The molecule has 0 saturated heterocycles. The minimum absolute atomic E-state index is 0. The molecule has 3 N–H and O–H groups in total. The molecule has 9 nitrogen and oxygen atoms in total. The number of hydrogen-bond donors (Lipinski definition) is 3. The van der Waals surface area contributed by atoms with Crippen LogP contribution in [0.25, 0.3) is 0 Å². The standard InChI is InChI=1S/C25H34O9S.Na.H/c1-14-10-16-17-5-8-25(30,20(28)13-34-21(29)6-9-35(31,32)33)24(17,3)12-19(27)22(16)23(2)7-4-15(26)11-18(14)23;;/h4,7,11,14,16-17,19,22,27,30H,5-6,8-10,12-13H2,1-3H3,(H,31,32,33);;/q;+1;-1/t14-,16-,17-,19-,22+,23-,24-,25-;;/m0../s1. The van der Waals surface area contributed by atoms with Crippen molar-refractivity contribution in [1.82, 2.24) is 0 Å². The average molecular weight is 535 g/mol. The number of aliphatic hydroxyl groups is 2. The van der Waals surface area contributed by atoms with E-state index < -0.39 is 63.2 Å². The van der Waals surface area contributed by atoms with Crippen molar-refractivity contribution in [3.8, 4) is 0 Å². The number of fused-ring (bicyclic) bond motifs is 5. The van der Waals surface area contributed by atoms with E-state index in [1.54, 1.807) is 12.2 Å². The van der Waals surface area contributed by atoms with E-state index in [-0.39, 0.29) is 73.3 Å². The molecular formula is C25H35NaO9S. The van der Waals surface area contributed by atoms with E-state index in [1.807, 2.05) is 13.0 Å². The van der Waals surface area contributed by atoms with Gasteiger partial charge < -0.3 is 16.4 Å². The smallest absolute Gasteiger partial charge is 1.00 e. The van der Waals surface area contributed by atoms with Crippen LogP contribution in [0.5, 0.6) is 0 Å². The molecule has 0 heterocycles. The summed E-state index contributed by atoms with van der Waals surface area (Å²) in [7, 11) is -4.34. The predicted octanol–water partition coefficient (Wildman–Crippen LogP) is -1.25. The van der Waals surface area contributed by atoms with Crippen LogP contribution in [0.3, 0.4) is 0 Å². The molecular weight excluding hydrogens is 499 g/mol. The molecule has 0 aliphatic heterocycles. The normalized spacial score (nSPS) is 41.3. The maximum Gasteiger partial charge on any atom is 1.00 e. The Labute approximate surface area is 235 Å². The van der Waals surface area contributed by atoms with Gasteiger partial charge in [-0.3, -0.25) is 18.9 Å². The zero-order valence-corrected chi connectivity index (χ0v) is 24.1. The van der Waals surface area contributed by atoms with E-state index in [9.17, 15) is 33.0 Å². The number of carbonyl (C=O) groups is 3. The number of rotatable bonds is 6. The molecule has 0 unspecified atom stereocenters. The van der Waals surface area contributed by atoms with Crippen LogP contribution in [0.2, 0.25) is 0 Å². The maximum absolute atomic E-state index is 13.2. The Bertz CT molecular complexity index is 1120. The number of ether oxygens (including phenoxy) is 1. The third kappa shape index (κ3) is 4.83. The van der Waals surface area contributed by atoms with Crippen LogP contribution in [-0.2, 0) is 29.2 Å². The van der Waals surface area contributed by atoms with Crippen molar-refractivity contribution in [3.05, 3.63) is 23.8 Å².